The van der Waals surface area contributed by atoms with E-state index in [1.165, 1.54) is 21.5 Å². The van der Waals surface area contributed by atoms with Gasteiger partial charge in [-0.05, 0) is 24.5 Å². The maximum absolute atomic E-state index is 13.9. The van der Waals surface area contributed by atoms with Gasteiger partial charge in [0.05, 0.1) is 6.42 Å². The molecule has 0 aliphatic heterocycles. The van der Waals surface area contributed by atoms with E-state index in [4.69, 9.17) is 5.73 Å². The van der Waals surface area contributed by atoms with E-state index >= 15 is 0 Å². The molecule has 160 valence electrons. The Balaban J connectivity index is 1.80. The van der Waals surface area contributed by atoms with Gasteiger partial charge in [-0.15, -0.1) is 0 Å². The van der Waals surface area contributed by atoms with E-state index in [9.17, 15) is 14.0 Å². The highest BCUT2D eigenvalue weighted by Gasteiger charge is 2.18. The largest absolute Gasteiger partial charge is 0.399 e. The first-order chi connectivity index (χ1) is 15.0. The van der Waals surface area contributed by atoms with Gasteiger partial charge in [-0.3, -0.25) is 18.9 Å². The molecule has 0 saturated carbocycles. The number of aromatic nitrogens is 6. The summed E-state index contributed by atoms with van der Waals surface area (Å²) < 4.78 is 16.6. The molecule has 1 aromatic carbocycles. The number of nitrogens with two attached hydrogens (primary N) is 1. The fourth-order valence-corrected chi connectivity index (χ4v) is 3.54. The van der Waals surface area contributed by atoms with Gasteiger partial charge in [0.15, 0.2) is 5.65 Å². The van der Waals surface area contributed by atoms with Crippen molar-refractivity contribution >= 4 is 16.9 Å². The topological polar surface area (TPSA) is 124 Å². The van der Waals surface area contributed by atoms with Crippen LogP contribution in [0.25, 0.3) is 11.2 Å². The van der Waals surface area contributed by atoms with Crippen LogP contribution in [0.3, 0.4) is 0 Å². The number of hydrogen-bond acceptors (Lipinski definition) is 6. The number of nitrogen functional groups attached to an aromatic ring is 1. The lowest BCUT2D eigenvalue weighted by Gasteiger charge is -2.11. The number of anilines is 1. The summed E-state index contributed by atoms with van der Waals surface area (Å²) in [6.45, 7) is 2.46. The summed E-state index contributed by atoms with van der Waals surface area (Å²) in [6, 6.07) is 7.42. The summed E-state index contributed by atoms with van der Waals surface area (Å²) in [6.07, 6.45) is 3.77. The van der Waals surface area contributed by atoms with Crippen molar-refractivity contribution in [3.63, 3.8) is 0 Å². The van der Waals surface area contributed by atoms with E-state index in [0.29, 0.717) is 24.4 Å². The van der Waals surface area contributed by atoms with Crippen molar-refractivity contribution in [1.29, 1.82) is 0 Å². The first-order valence-electron chi connectivity index (χ1n) is 10.0. The Morgan fingerprint density at radius 1 is 1.10 bits per heavy atom. The number of nitrogens with one attached hydrogen (secondary N) is 1. The summed E-state index contributed by atoms with van der Waals surface area (Å²) in [5, 5.41) is 0. The minimum Gasteiger partial charge on any atom is -0.399 e. The van der Waals surface area contributed by atoms with Gasteiger partial charge >= 0.3 is 5.69 Å². The molecule has 0 aliphatic rings. The van der Waals surface area contributed by atoms with Crippen molar-refractivity contribution < 1.29 is 4.39 Å². The second-order valence-electron chi connectivity index (χ2n) is 7.19. The van der Waals surface area contributed by atoms with Gasteiger partial charge in [0.25, 0.3) is 5.56 Å². The van der Waals surface area contributed by atoms with E-state index in [-0.39, 0.29) is 36.4 Å². The van der Waals surface area contributed by atoms with Crippen molar-refractivity contribution in [3.05, 3.63) is 80.5 Å². The third-order valence-electron chi connectivity index (χ3n) is 5.08. The van der Waals surface area contributed by atoms with Gasteiger partial charge in [0.2, 0.25) is 5.95 Å². The quantitative estimate of drug-likeness (QED) is 0.436. The highest BCUT2D eigenvalue weighted by atomic mass is 19.1. The van der Waals surface area contributed by atoms with Gasteiger partial charge in [-0.25, -0.2) is 14.8 Å². The van der Waals surface area contributed by atoms with Crippen LogP contribution in [0.1, 0.15) is 30.4 Å². The van der Waals surface area contributed by atoms with Crippen LogP contribution < -0.4 is 17.0 Å². The molecule has 0 unspecified atom stereocenters. The summed E-state index contributed by atoms with van der Waals surface area (Å²) in [4.78, 5) is 40.9. The zero-order chi connectivity index (χ0) is 22.0. The lowest BCUT2D eigenvalue weighted by molar-refractivity contribution is 0.557. The molecule has 3 heterocycles. The van der Waals surface area contributed by atoms with Gasteiger partial charge < -0.3 is 10.7 Å². The van der Waals surface area contributed by atoms with Gasteiger partial charge in [-0.2, -0.15) is 4.39 Å². The van der Waals surface area contributed by atoms with Gasteiger partial charge in [-0.1, -0.05) is 25.1 Å². The molecule has 0 spiro atoms. The van der Waals surface area contributed by atoms with E-state index in [2.05, 4.69) is 19.9 Å². The molecular weight excluding hydrogens is 401 g/mol. The number of aromatic amines is 1. The molecular formula is C21H22FN7O2. The number of para-hydroxylation sites is 1. The molecule has 0 aliphatic carbocycles. The second-order valence-corrected chi connectivity index (χ2v) is 7.19. The SMILES string of the molecule is CCCn1c(=O)c2[nH]c(Cc3nccnc3F)nc2n(CCc2ccccc2N)c1=O. The fourth-order valence-electron chi connectivity index (χ4n) is 3.54. The van der Waals surface area contributed by atoms with Crippen LogP contribution in [0.2, 0.25) is 0 Å². The minimum atomic E-state index is -0.705. The van der Waals surface area contributed by atoms with Crippen molar-refractivity contribution in [2.24, 2.45) is 0 Å². The molecule has 0 saturated heterocycles. The van der Waals surface area contributed by atoms with Crippen LogP contribution in [0.15, 0.2) is 46.2 Å². The molecule has 9 nitrogen and oxygen atoms in total. The number of imidazole rings is 1. The molecule has 0 fully saturated rings. The predicted molar refractivity (Wildman–Crippen MR) is 114 cm³/mol. The lowest BCUT2D eigenvalue weighted by atomic mass is 10.1. The Kier molecular flexibility index (Phi) is 5.61. The van der Waals surface area contributed by atoms with Crippen LogP contribution in [-0.4, -0.2) is 29.1 Å². The Labute approximate surface area is 176 Å². The molecule has 0 atom stereocenters. The highest BCUT2D eigenvalue weighted by molar-refractivity contribution is 5.70. The van der Waals surface area contributed by atoms with Gasteiger partial charge in [0, 0.05) is 31.2 Å². The molecule has 3 N–H and O–H groups in total. The van der Waals surface area contributed by atoms with Crippen molar-refractivity contribution in [3.8, 4) is 0 Å². The van der Waals surface area contributed by atoms with Crippen molar-refractivity contribution in [2.45, 2.75) is 39.3 Å². The molecule has 0 radical (unpaired) electrons. The van der Waals surface area contributed by atoms with E-state index in [1.54, 1.807) is 6.07 Å². The van der Waals surface area contributed by atoms with E-state index in [0.717, 1.165) is 5.56 Å². The van der Waals surface area contributed by atoms with Crippen LogP contribution in [0, 0.1) is 5.95 Å². The molecule has 4 rings (SSSR count). The number of H-pyrrole nitrogens is 1. The van der Waals surface area contributed by atoms with Crippen LogP contribution in [-0.2, 0) is 25.9 Å². The summed E-state index contributed by atoms with van der Waals surface area (Å²) in [5.41, 5.74) is 7.21. The number of hydrogen-bond donors (Lipinski definition) is 2. The number of halogens is 1. The van der Waals surface area contributed by atoms with Crippen LogP contribution in [0.4, 0.5) is 10.1 Å². The Morgan fingerprint density at radius 2 is 1.87 bits per heavy atom. The average molecular weight is 423 g/mol. The Hall–Kier alpha value is -3.82. The fraction of sp³-hybridized carbons (Fsp3) is 0.286. The third kappa shape index (κ3) is 3.96. The lowest BCUT2D eigenvalue weighted by Crippen LogP contribution is -2.40. The van der Waals surface area contributed by atoms with Crippen molar-refractivity contribution in [2.75, 3.05) is 5.73 Å². The van der Waals surface area contributed by atoms with Crippen LogP contribution >= 0.6 is 0 Å². The predicted octanol–water partition coefficient (Wildman–Crippen LogP) is 1.64. The normalized spacial score (nSPS) is 11.3. The Morgan fingerprint density at radius 3 is 2.61 bits per heavy atom. The van der Waals surface area contributed by atoms with Crippen molar-refractivity contribution in [1.82, 2.24) is 29.1 Å². The molecule has 31 heavy (non-hydrogen) atoms. The first kappa shape index (κ1) is 20.5. The molecule has 10 heteroatoms. The number of rotatable bonds is 7. The molecule has 0 amide bonds. The molecule has 0 bridgehead atoms. The summed E-state index contributed by atoms with van der Waals surface area (Å²) in [7, 11) is 0. The van der Waals surface area contributed by atoms with E-state index in [1.807, 2.05) is 25.1 Å². The highest BCUT2D eigenvalue weighted by Crippen LogP contribution is 2.14. The van der Waals surface area contributed by atoms with Crippen LogP contribution in [0.5, 0.6) is 0 Å². The standard InChI is InChI=1S/C21H22FN7O2/c1-2-10-29-20(30)17-19(27-16(26-17)12-15-18(22)25-9-8-24-15)28(21(29)31)11-7-13-5-3-4-6-14(13)23/h3-6,8-9H,2,7,10-12,23H2,1H3,(H,26,27). The zero-order valence-corrected chi connectivity index (χ0v) is 17.0. The minimum absolute atomic E-state index is 0.0153. The Bertz CT molecular complexity index is 1360. The summed E-state index contributed by atoms with van der Waals surface area (Å²) in [5.74, 6) is -0.378. The number of fused-ring (bicyclic) bond motifs is 1. The van der Waals surface area contributed by atoms with Gasteiger partial charge in [0.1, 0.15) is 17.0 Å². The maximum atomic E-state index is 13.9. The smallest absolute Gasteiger partial charge is 0.332 e. The molecule has 3 aromatic heterocycles. The number of aryl methyl sites for hydroxylation is 2. The number of benzene rings is 1. The average Bonchev–Trinajstić information content (AvgIpc) is 3.18. The monoisotopic (exact) mass is 423 g/mol. The number of nitrogens with zero attached hydrogens (tertiary/aromatic N) is 5. The second kappa shape index (κ2) is 8.50. The maximum Gasteiger partial charge on any atom is 0.332 e. The first-order valence-corrected chi connectivity index (χ1v) is 10.0. The zero-order valence-electron chi connectivity index (χ0n) is 17.0. The van der Waals surface area contributed by atoms with E-state index < -0.39 is 17.2 Å². The molecule has 4 aromatic rings. The summed E-state index contributed by atoms with van der Waals surface area (Å²) >= 11 is 0. The third-order valence-corrected chi connectivity index (χ3v) is 5.08.